The Labute approximate surface area is 127 Å². The van der Waals surface area contributed by atoms with Crippen LogP contribution in [0, 0.1) is 5.92 Å². The first-order valence-electron chi connectivity index (χ1n) is 7.70. The van der Waals surface area contributed by atoms with Crippen LogP contribution in [0.3, 0.4) is 0 Å². The first-order valence-corrected chi connectivity index (χ1v) is 7.70. The Morgan fingerprint density at radius 3 is 2.52 bits per heavy atom. The minimum atomic E-state index is -0.408. The maximum absolute atomic E-state index is 12.5. The largest absolute Gasteiger partial charge is 0.382 e. The van der Waals surface area contributed by atoms with Crippen LogP contribution in [-0.4, -0.2) is 62.3 Å². The molecule has 2 amide bonds. The van der Waals surface area contributed by atoms with E-state index in [1.54, 1.807) is 12.0 Å². The molecule has 2 atom stereocenters. The molecule has 6 nitrogen and oxygen atoms in total. The molecule has 1 aliphatic rings. The smallest absolute Gasteiger partial charge is 0.246 e. The Balaban J connectivity index is 2.53. The highest BCUT2D eigenvalue weighted by Gasteiger charge is 2.40. The van der Waals surface area contributed by atoms with Crippen molar-refractivity contribution in [3.8, 4) is 0 Å². The van der Waals surface area contributed by atoms with Crippen LogP contribution < -0.4 is 5.32 Å². The van der Waals surface area contributed by atoms with Crippen LogP contribution in [0.5, 0.6) is 0 Å². The quantitative estimate of drug-likeness (QED) is 0.640. The first-order chi connectivity index (χ1) is 10.0. The van der Waals surface area contributed by atoms with Gasteiger partial charge in [-0.2, -0.15) is 0 Å². The maximum Gasteiger partial charge on any atom is 0.246 e. The van der Waals surface area contributed by atoms with Gasteiger partial charge in [0, 0.05) is 20.3 Å². The van der Waals surface area contributed by atoms with E-state index in [9.17, 15) is 9.59 Å². The van der Waals surface area contributed by atoms with Crippen LogP contribution in [0.2, 0.25) is 0 Å². The van der Waals surface area contributed by atoms with E-state index in [1.165, 1.54) is 0 Å². The molecule has 0 aromatic carbocycles. The fourth-order valence-electron chi connectivity index (χ4n) is 2.49. The molecule has 1 N–H and O–H groups in total. The minimum Gasteiger partial charge on any atom is -0.382 e. The number of hydrogen-bond acceptors (Lipinski definition) is 4. The van der Waals surface area contributed by atoms with Gasteiger partial charge < -0.3 is 19.7 Å². The number of nitrogens with zero attached hydrogens (tertiary/aromatic N) is 1. The van der Waals surface area contributed by atoms with E-state index < -0.39 is 6.04 Å². The number of carbonyl (C=O) groups excluding carboxylic acids is 2. The van der Waals surface area contributed by atoms with E-state index in [-0.39, 0.29) is 23.8 Å². The third kappa shape index (κ3) is 4.97. The summed E-state index contributed by atoms with van der Waals surface area (Å²) in [5.41, 5.74) is 0. The summed E-state index contributed by atoms with van der Waals surface area (Å²) in [6, 6.07) is -0.763. The molecule has 1 fully saturated rings. The van der Waals surface area contributed by atoms with Crippen molar-refractivity contribution in [2.75, 3.05) is 33.5 Å². The van der Waals surface area contributed by atoms with Crippen LogP contribution in [-0.2, 0) is 19.1 Å². The van der Waals surface area contributed by atoms with Gasteiger partial charge in [0.2, 0.25) is 11.8 Å². The predicted octanol–water partition coefficient (Wildman–Crippen LogP) is 0.801. The standard InChI is InChI=1S/C15H28N2O4/c1-5-12-14(18)16-13(11(2)3)15(19)17(12)7-6-8-21-10-9-20-4/h11-13H,5-10H2,1-4H3,(H,16,18). The lowest BCUT2D eigenvalue weighted by molar-refractivity contribution is -0.151. The molecular formula is C15H28N2O4. The average Bonchev–Trinajstić information content (AvgIpc) is 2.45. The molecule has 0 bridgehead atoms. The molecule has 0 radical (unpaired) electrons. The number of carbonyl (C=O) groups is 2. The number of piperazine rings is 1. The van der Waals surface area contributed by atoms with Crippen molar-refractivity contribution >= 4 is 11.8 Å². The van der Waals surface area contributed by atoms with Crippen LogP contribution in [0.1, 0.15) is 33.6 Å². The summed E-state index contributed by atoms with van der Waals surface area (Å²) in [5.74, 6) is 0.0733. The second-order valence-corrected chi connectivity index (χ2v) is 5.64. The second-order valence-electron chi connectivity index (χ2n) is 5.64. The molecule has 6 heteroatoms. The predicted molar refractivity (Wildman–Crippen MR) is 79.9 cm³/mol. The molecule has 1 rings (SSSR count). The Bertz CT molecular complexity index is 347. The average molecular weight is 300 g/mol. The first kappa shape index (κ1) is 17.9. The Morgan fingerprint density at radius 2 is 1.95 bits per heavy atom. The molecule has 0 spiro atoms. The fourth-order valence-corrected chi connectivity index (χ4v) is 2.49. The van der Waals surface area contributed by atoms with E-state index in [2.05, 4.69) is 5.32 Å². The van der Waals surface area contributed by atoms with Gasteiger partial charge in [-0.05, 0) is 18.8 Å². The van der Waals surface area contributed by atoms with Crippen LogP contribution >= 0.6 is 0 Å². The zero-order valence-electron chi connectivity index (χ0n) is 13.6. The zero-order valence-corrected chi connectivity index (χ0v) is 13.6. The molecule has 1 saturated heterocycles. The Hall–Kier alpha value is -1.14. The van der Waals surface area contributed by atoms with Crippen molar-refractivity contribution in [3.63, 3.8) is 0 Å². The monoisotopic (exact) mass is 300 g/mol. The summed E-state index contributed by atoms with van der Waals surface area (Å²) in [6.45, 7) is 8.06. The maximum atomic E-state index is 12.5. The van der Waals surface area contributed by atoms with Gasteiger partial charge in [-0.3, -0.25) is 9.59 Å². The molecule has 21 heavy (non-hydrogen) atoms. The summed E-state index contributed by atoms with van der Waals surface area (Å²) in [5, 5.41) is 2.84. The van der Waals surface area contributed by atoms with Gasteiger partial charge in [-0.15, -0.1) is 0 Å². The lowest BCUT2D eigenvalue weighted by Crippen LogP contribution is -2.64. The molecule has 1 heterocycles. The lowest BCUT2D eigenvalue weighted by Gasteiger charge is -2.40. The van der Waals surface area contributed by atoms with Gasteiger partial charge in [0.05, 0.1) is 13.2 Å². The minimum absolute atomic E-state index is 0.0216. The second kappa shape index (κ2) is 9.00. The molecule has 1 aliphatic heterocycles. The molecule has 2 unspecified atom stereocenters. The third-order valence-corrected chi connectivity index (χ3v) is 3.70. The number of hydrogen-bond donors (Lipinski definition) is 1. The molecule has 0 aliphatic carbocycles. The van der Waals surface area contributed by atoms with Crippen molar-refractivity contribution in [1.29, 1.82) is 0 Å². The van der Waals surface area contributed by atoms with Gasteiger partial charge >= 0.3 is 0 Å². The summed E-state index contributed by atoms with van der Waals surface area (Å²) in [4.78, 5) is 26.3. The van der Waals surface area contributed by atoms with Crippen molar-refractivity contribution in [1.82, 2.24) is 10.2 Å². The highest BCUT2D eigenvalue weighted by Crippen LogP contribution is 2.17. The van der Waals surface area contributed by atoms with Crippen molar-refractivity contribution < 1.29 is 19.1 Å². The molecule has 0 aromatic heterocycles. The molecular weight excluding hydrogens is 272 g/mol. The highest BCUT2D eigenvalue weighted by atomic mass is 16.5. The summed E-state index contributed by atoms with van der Waals surface area (Å²) in [7, 11) is 1.63. The van der Waals surface area contributed by atoms with Gasteiger partial charge in [-0.1, -0.05) is 20.8 Å². The van der Waals surface area contributed by atoms with Gasteiger partial charge in [-0.25, -0.2) is 0 Å². The SMILES string of the molecule is CCC1C(=O)NC(C(C)C)C(=O)N1CCCOCCOC. The lowest BCUT2D eigenvalue weighted by atomic mass is 9.97. The van der Waals surface area contributed by atoms with Crippen LogP contribution in [0.25, 0.3) is 0 Å². The van der Waals surface area contributed by atoms with E-state index in [0.717, 1.165) is 6.42 Å². The zero-order chi connectivity index (χ0) is 15.8. The van der Waals surface area contributed by atoms with Crippen molar-refractivity contribution in [2.24, 2.45) is 5.92 Å². The fraction of sp³-hybridized carbons (Fsp3) is 0.867. The van der Waals surface area contributed by atoms with Gasteiger partial charge in [0.25, 0.3) is 0 Å². The summed E-state index contributed by atoms with van der Waals surface area (Å²) in [6.07, 6.45) is 1.36. The van der Waals surface area contributed by atoms with Crippen molar-refractivity contribution in [2.45, 2.75) is 45.7 Å². The molecule has 0 saturated carbocycles. The van der Waals surface area contributed by atoms with E-state index in [0.29, 0.717) is 32.8 Å². The number of rotatable bonds is 9. The van der Waals surface area contributed by atoms with E-state index in [1.807, 2.05) is 20.8 Å². The number of amides is 2. The highest BCUT2D eigenvalue weighted by molar-refractivity contribution is 5.97. The summed E-state index contributed by atoms with van der Waals surface area (Å²) >= 11 is 0. The van der Waals surface area contributed by atoms with Gasteiger partial charge in [0.15, 0.2) is 0 Å². The topological polar surface area (TPSA) is 67.9 Å². The number of nitrogens with one attached hydrogen (secondary N) is 1. The van der Waals surface area contributed by atoms with Crippen LogP contribution in [0.4, 0.5) is 0 Å². The molecule has 0 aromatic rings. The number of ether oxygens (including phenoxy) is 2. The van der Waals surface area contributed by atoms with Crippen LogP contribution in [0.15, 0.2) is 0 Å². The Morgan fingerprint density at radius 1 is 1.24 bits per heavy atom. The normalized spacial score (nSPS) is 22.8. The van der Waals surface area contributed by atoms with E-state index in [4.69, 9.17) is 9.47 Å². The summed E-state index contributed by atoms with van der Waals surface area (Å²) < 4.78 is 10.3. The van der Waals surface area contributed by atoms with Gasteiger partial charge in [0.1, 0.15) is 12.1 Å². The third-order valence-electron chi connectivity index (χ3n) is 3.70. The van der Waals surface area contributed by atoms with Crippen molar-refractivity contribution in [3.05, 3.63) is 0 Å². The number of methoxy groups -OCH3 is 1. The van der Waals surface area contributed by atoms with E-state index >= 15 is 0 Å². The Kier molecular flexibility index (Phi) is 7.67. The molecule has 122 valence electrons.